The lowest BCUT2D eigenvalue weighted by atomic mass is 10.1. The van der Waals surface area contributed by atoms with E-state index in [-0.39, 0.29) is 18.2 Å². The van der Waals surface area contributed by atoms with E-state index < -0.39 is 6.04 Å². The summed E-state index contributed by atoms with van der Waals surface area (Å²) in [6.07, 6.45) is -0.0343. The molecule has 0 bridgehead atoms. The van der Waals surface area contributed by atoms with Crippen molar-refractivity contribution in [3.63, 3.8) is 0 Å². The smallest absolute Gasteiger partial charge is 0.249 e. The van der Waals surface area contributed by atoms with Crippen LogP contribution in [-0.4, -0.2) is 35.8 Å². The van der Waals surface area contributed by atoms with Crippen molar-refractivity contribution >= 4 is 34.9 Å². The van der Waals surface area contributed by atoms with Crippen LogP contribution in [0, 0.1) is 6.92 Å². The first kappa shape index (κ1) is 20.7. The molecule has 2 N–H and O–H groups in total. The number of halogens is 1. The Bertz CT molecular complexity index is 1170. The van der Waals surface area contributed by atoms with Gasteiger partial charge in [0, 0.05) is 22.2 Å². The number of benzene rings is 2. The van der Waals surface area contributed by atoms with Gasteiger partial charge in [0.25, 0.3) is 0 Å². The van der Waals surface area contributed by atoms with E-state index in [0.717, 1.165) is 11.1 Å². The molecule has 1 atom stereocenters. The minimum Gasteiger partial charge on any atom is -0.497 e. The van der Waals surface area contributed by atoms with E-state index in [1.54, 1.807) is 42.1 Å². The average Bonchev–Trinajstić information content (AvgIpc) is 3.09. The molecule has 1 aromatic heterocycles. The van der Waals surface area contributed by atoms with Crippen molar-refractivity contribution in [3.8, 4) is 22.8 Å². The maximum Gasteiger partial charge on any atom is 0.249 e. The van der Waals surface area contributed by atoms with Crippen LogP contribution in [0.4, 0.5) is 11.5 Å². The van der Waals surface area contributed by atoms with Gasteiger partial charge in [-0.2, -0.15) is 5.10 Å². The van der Waals surface area contributed by atoms with E-state index >= 15 is 0 Å². The normalized spacial score (nSPS) is 15.1. The second kappa shape index (κ2) is 8.31. The molecule has 0 spiro atoms. The Hall–Kier alpha value is -3.52. The highest BCUT2D eigenvalue weighted by molar-refractivity contribution is 6.30. The van der Waals surface area contributed by atoms with Crippen LogP contribution in [0.2, 0.25) is 5.02 Å². The molecule has 0 saturated heterocycles. The SMILES string of the molecule is COc1ccc(NC(=O)[C@@H]2CC(=O)Nc3c(C)c(-c4cccc(Cl)c4)nn32)c(OC)c1. The Morgan fingerprint density at radius 1 is 1.23 bits per heavy atom. The molecule has 4 rings (SSSR count). The van der Waals surface area contributed by atoms with Gasteiger partial charge in [0.1, 0.15) is 23.4 Å². The number of carbonyl (C=O) groups excluding carboxylic acids is 2. The number of methoxy groups -OCH3 is 2. The number of hydrogen-bond donors (Lipinski definition) is 2. The third-order valence-electron chi connectivity index (χ3n) is 5.15. The molecule has 160 valence electrons. The van der Waals surface area contributed by atoms with E-state index in [1.807, 2.05) is 19.1 Å². The number of carbonyl (C=O) groups is 2. The molecule has 2 heterocycles. The van der Waals surface area contributed by atoms with Crippen LogP contribution >= 0.6 is 11.6 Å². The summed E-state index contributed by atoms with van der Waals surface area (Å²) < 4.78 is 12.1. The predicted molar refractivity (Wildman–Crippen MR) is 118 cm³/mol. The largest absolute Gasteiger partial charge is 0.497 e. The molecule has 0 aliphatic carbocycles. The summed E-state index contributed by atoms with van der Waals surface area (Å²) in [7, 11) is 3.05. The van der Waals surface area contributed by atoms with Crippen LogP contribution in [0.5, 0.6) is 11.5 Å². The molecule has 1 aliphatic heterocycles. The van der Waals surface area contributed by atoms with E-state index in [2.05, 4.69) is 15.7 Å². The molecule has 2 amide bonds. The fourth-order valence-corrected chi connectivity index (χ4v) is 3.76. The lowest BCUT2D eigenvalue weighted by molar-refractivity contribution is -0.125. The Kier molecular flexibility index (Phi) is 5.56. The van der Waals surface area contributed by atoms with Crippen LogP contribution in [0.25, 0.3) is 11.3 Å². The quantitative estimate of drug-likeness (QED) is 0.624. The molecule has 3 aromatic rings. The Balaban J connectivity index is 1.69. The summed E-state index contributed by atoms with van der Waals surface area (Å²) >= 11 is 6.13. The van der Waals surface area contributed by atoms with Gasteiger partial charge in [-0.3, -0.25) is 9.59 Å². The molecular formula is C22H21ClN4O4. The fourth-order valence-electron chi connectivity index (χ4n) is 3.57. The third-order valence-corrected chi connectivity index (χ3v) is 5.38. The molecule has 0 radical (unpaired) electrons. The Morgan fingerprint density at radius 3 is 2.74 bits per heavy atom. The zero-order chi connectivity index (χ0) is 22.1. The monoisotopic (exact) mass is 440 g/mol. The zero-order valence-corrected chi connectivity index (χ0v) is 18.0. The third kappa shape index (κ3) is 3.94. The molecule has 8 nitrogen and oxygen atoms in total. The topological polar surface area (TPSA) is 94.5 Å². The van der Waals surface area contributed by atoms with Crippen LogP contribution in [-0.2, 0) is 9.59 Å². The first-order valence-electron chi connectivity index (χ1n) is 9.59. The first-order chi connectivity index (χ1) is 14.9. The number of ether oxygens (including phenoxy) is 2. The second-order valence-corrected chi connectivity index (χ2v) is 7.54. The molecule has 9 heteroatoms. The average molecular weight is 441 g/mol. The van der Waals surface area contributed by atoms with Crippen LogP contribution in [0.1, 0.15) is 18.0 Å². The standard InChI is InChI=1S/C22H21ClN4O4/c1-12-20(13-5-4-6-14(23)9-13)26-27-17(11-19(28)25-21(12)27)22(29)24-16-8-7-15(30-2)10-18(16)31-3/h4-10,17H,11H2,1-3H3,(H,24,29)(H,25,28)/t17-/m0/s1. The van der Waals surface area contributed by atoms with Gasteiger partial charge in [-0.25, -0.2) is 4.68 Å². The van der Waals surface area contributed by atoms with Crippen LogP contribution in [0.3, 0.4) is 0 Å². The van der Waals surface area contributed by atoms with Crippen molar-refractivity contribution in [2.75, 3.05) is 24.9 Å². The summed E-state index contributed by atoms with van der Waals surface area (Å²) in [6.45, 7) is 1.85. The summed E-state index contributed by atoms with van der Waals surface area (Å²) in [6, 6.07) is 11.5. The van der Waals surface area contributed by atoms with Gasteiger partial charge in [0.15, 0.2) is 0 Å². The van der Waals surface area contributed by atoms with E-state index in [4.69, 9.17) is 21.1 Å². The number of amides is 2. The summed E-state index contributed by atoms with van der Waals surface area (Å²) in [5.41, 5.74) is 2.69. The molecule has 31 heavy (non-hydrogen) atoms. The molecule has 0 saturated carbocycles. The van der Waals surface area contributed by atoms with Gasteiger partial charge in [-0.15, -0.1) is 0 Å². The van der Waals surface area contributed by atoms with Gasteiger partial charge in [0.2, 0.25) is 11.8 Å². The molecule has 2 aromatic carbocycles. The molecule has 1 aliphatic rings. The number of rotatable bonds is 5. The number of nitrogens with zero attached hydrogens (tertiary/aromatic N) is 2. The van der Waals surface area contributed by atoms with Gasteiger partial charge < -0.3 is 20.1 Å². The highest BCUT2D eigenvalue weighted by Crippen LogP contribution is 2.36. The summed E-state index contributed by atoms with van der Waals surface area (Å²) in [5, 5.41) is 10.9. The van der Waals surface area contributed by atoms with Crippen LogP contribution in [0.15, 0.2) is 42.5 Å². The zero-order valence-electron chi connectivity index (χ0n) is 17.2. The van der Waals surface area contributed by atoms with Crippen molar-refractivity contribution in [2.24, 2.45) is 0 Å². The number of fused-ring (bicyclic) bond motifs is 1. The van der Waals surface area contributed by atoms with Crippen molar-refractivity contribution in [2.45, 2.75) is 19.4 Å². The van der Waals surface area contributed by atoms with Gasteiger partial charge in [-0.1, -0.05) is 23.7 Å². The minimum atomic E-state index is -0.817. The molecular weight excluding hydrogens is 420 g/mol. The highest BCUT2D eigenvalue weighted by atomic mass is 35.5. The van der Waals surface area contributed by atoms with E-state index in [1.165, 1.54) is 7.11 Å². The number of nitrogens with one attached hydrogen (secondary N) is 2. The first-order valence-corrected chi connectivity index (χ1v) is 9.97. The minimum absolute atomic E-state index is 0.0343. The maximum atomic E-state index is 13.1. The molecule has 0 unspecified atom stereocenters. The summed E-state index contributed by atoms with van der Waals surface area (Å²) in [4.78, 5) is 25.5. The van der Waals surface area contributed by atoms with Gasteiger partial charge >= 0.3 is 0 Å². The Morgan fingerprint density at radius 2 is 2.03 bits per heavy atom. The number of aromatic nitrogens is 2. The lowest BCUT2D eigenvalue weighted by Gasteiger charge is -2.24. The lowest BCUT2D eigenvalue weighted by Crippen LogP contribution is -2.36. The highest BCUT2D eigenvalue weighted by Gasteiger charge is 2.34. The van der Waals surface area contributed by atoms with Crippen molar-refractivity contribution in [1.82, 2.24) is 9.78 Å². The number of anilines is 2. The maximum absolute atomic E-state index is 13.1. The van der Waals surface area contributed by atoms with Crippen molar-refractivity contribution in [3.05, 3.63) is 53.1 Å². The van der Waals surface area contributed by atoms with E-state index in [0.29, 0.717) is 33.7 Å². The summed E-state index contributed by atoms with van der Waals surface area (Å²) in [5.74, 6) is 0.912. The van der Waals surface area contributed by atoms with Gasteiger partial charge in [0.05, 0.1) is 32.0 Å². The van der Waals surface area contributed by atoms with Crippen molar-refractivity contribution in [1.29, 1.82) is 0 Å². The second-order valence-electron chi connectivity index (χ2n) is 7.10. The van der Waals surface area contributed by atoms with Gasteiger partial charge in [-0.05, 0) is 31.2 Å². The van der Waals surface area contributed by atoms with Crippen LogP contribution < -0.4 is 20.1 Å². The van der Waals surface area contributed by atoms with E-state index in [9.17, 15) is 9.59 Å². The predicted octanol–water partition coefficient (Wildman–Crippen LogP) is 4.05. The Labute approximate surface area is 184 Å². The fraction of sp³-hybridized carbons (Fsp3) is 0.227. The number of hydrogen-bond acceptors (Lipinski definition) is 5. The molecule has 0 fully saturated rings. The van der Waals surface area contributed by atoms with Crippen molar-refractivity contribution < 1.29 is 19.1 Å².